The van der Waals surface area contributed by atoms with Crippen LogP contribution in [0.4, 0.5) is 10.5 Å². The maximum absolute atomic E-state index is 12.0. The van der Waals surface area contributed by atoms with Crippen molar-refractivity contribution in [1.29, 1.82) is 0 Å². The van der Waals surface area contributed by atoms with E-state index in [-0.39, 0.29) is 24.4 Å². The van der Waals surface area contributed by atoms with Gasteiger partial charge in [0.1, 0.15) is 0 Å². The Balaban J connectivity index is 2.37. The van der Waals surface area contributed by atoms with Crippen LogP contribution in [-0.4, -0.2) is 29.6 Å². The Labute approximate surface area is 122 Å². The normalized spacial score (nSPS) is 15.0. The third kappa shape index (κ3) is 3.39. The average Bonchev–Trinajstić information content (AvgIpc) is 2.45. The molecule has 1 fully saturated rings. The number of carbonyl (C=O) groups excluding carboxylic acids is 2. The van der Waals surface area contributed by atoms with Gasteiger partial charge >= 0.3 is 12.0 Å². The van der Waals surface area contributed by atoms with Crippen LogP contribution in [0.2, 0.25) is 0 Å². The number of nitrogens with one attached hydrogen (secondary N) is 1. The number of anilines is 1. The van der Waals surface area contributed by atoms with Crippen LogP contribution in [0.1, 0.15) is 42.1 Å². The van der Waals surface area contributed by atoms with Gasteiger partial charge in [0.2, 0.25) is 5.91 Å². The van der Waals surface area contributed by atoms with Gasteiger partial charge in [0.05, 0.1) is 5.56 Å². The molecule has 0 unspecified atom stereocenters. The molecule has 1 aromatic carbocycles. The lowest BCUT2D eigenvalue weighted by Crippen LogP contribution is -2.50. The molecule has 0 aromatic heterocycles. The summed E-state index contributed by atoms with van der Waals surface area (Å²) in [6.07, 6.45) is 2.94. The molecule has 1 aliphatic rings. The molecule has 1 saturated heterocycles. The number of carboxylic acid groups (broad SMARTS) is 1. The van der Waals surface area contributed by atoms with E-state index in [1.165, 1.54) is 11.0 Å². The summed E-state index contributed by atoms with van der Waals surface area (Å²) in [5, 5.41) is 11.4. The van der Waals surface area contributed by atoms with Gasteiger partial charge in [-0.2, -0.15) is 0 Å². The molecule has 1 aromatic rings. The Bertz CT molecular complexity index is 583. The Kier molecular flexibility index (Phi) is 4.57. The molecule has 2 rings (SSSR count). The van der Waals surface area contributed by atoms with Crippen molar-refractivity contribution >= 4 is 23.6 Å². The van der Waals surface area contributed by atoms with E-state index in [1.807, 2.05) is 0 Å². The van der Waals surface area contributed by atoms with Crippen LogP contribution in [0.15, 0.2) is 18.2 Å². The van der Waals surface area contributed by atoms with Crippen LogP contribution in [-0.2, 0) is 11.2 Å². The number of rotatable bonds is 5. The van der Waals surface area contributed by atoms with Gasteiger partial charge < -0.3 is 5.11 Å². The lowest BCUT2D eigenvalue weighted by molar-refractivity contribution is -0.120. The van der Waals surface area contributed by atoms with Gasteiger partial charge in [-0.25, -0.2) is 9.59 Å². The Morgan fingerprint density at radius 2 is 2.14 bits per heavy atom. The zero-order chi connectivity index (χ0) is 15.4. The zero-order valence-electron chi connectivity index (χ0n) is 11.9. The van der Waals surface area contributed by atoms with E-state index in [9.17, 15) is 14.4 Å². The number of carbonyl (C=O) groups is 3. The molecular formula is C15H18N2O4. The molecule has 3 amide bonds. The molecule has 1 heterocycles. The van der Waals surface area contributed by atoms with E-state index in [0.29, 0.717) is 5.69 Å². The molecule has 6 heteroatoms. The van der Waals surface area contributed by atoms with Crippen molar-refractivity contribution in [3.05, 3.63) is 29.3 Å². The first-order chi connectivity index (χ1) is 10.0. The summed E-state index contributed by atoms with van der Waals surface area (Å²) in [6.45, 7) is 2.34. The zero-order valence-corrected chi connectivity index (χ0v) is 11.9. The van der Waals surface area contributed by atoms with E-state index >= 15 is 0 Å². The lowest BCUT2D eigenvalue weighted by atomic mass is 10.0. The molecule has 2 N–H and O–H groups in total. The molecular weight excluding hydrogens is 272 g/mol. The van der Waals surface area contributed by atoms with Gasteiger partial charge in [-0.05, 0) is 30.5 Å². The second kappa shape index (κ2) is 6.39. The highest BCUT2D eigenvalue weighted by Crippen LogP contribution is 2.26. The summed E-state index contributed by atoms with van der Waals surface area (Å²) < 4.78 is 0. The van der Waals surface area contributed by atoms with Crippen molar-refractivity contribution < 1.29 is 19.5 Å². The van der Waals surface area contributed by atoms with Crippen molar-refractivity contribution in [1.82, 2.24) is 5.32 Å². The highest BCUT2D eigenvalue weighted by atomic mass is 16.4. The molecule has 0 aliphatic carbocycles. The van der Waals surface area contributed by atoms with Gasteiger partial charge in [-0.3, -0.25) is 15.0 Å². The first kappa shape index (κ1) is 15.0. The second-order valence-electron chi connectivity index (χ2n) is 5.01. The van der Waals surface area contributed by atoms with E-state index in [0.717, 1.165) is 24.8 Å². The summed E-state index contributed by atoms with van der Waals surface area (Å²) >= 11 is 0. The third-order valence-electron chi connectivity index (χ3n) is 3.48. The van der Waals surface area contributed by atoms with Crippen molar-refractivity contribution in [2.45, 2.75) is 32.6 Å². The topological polar surface area (TPSA) is 86.7 Å². The molecule has 0 atom stereocenters. The standard InChI is InChI=1S/C15H18N2O4/c1-2-3-4-10-5-6-11(14(19)20)9-12(10)17-8-7-13(18)16-15(17)21/h5-6,9H,2-4,7-8H2,1H3,(H,19,20)(H,16,18,21). The molecule has 6 nitrogen and oxygen atoms in total. The van der Waals surface area contributed by atoms with E-state index in [1.54, 1.807) is 12.1 Å². The predicted molar refractivity (Wildman–Crippen MR) is 77.5 cm³/mol. The maximum Gasteiger partial charge on any atom is 0.335 e. The minimum atomic E-state index is -1.04. The minimum Gasteiger partial charge on any atom is -0.478 e. The Morgan fingerprint density at radius 3 is 2.76 bits per heavy atom. The maximum atomic E-state index is 12.0. The number of benzene rings is 1. The van der Waals surface area contributed by atoms with E-state index < -0.39 is 12.0 Å². The summed E-state index contributed by atoms with van der Waals surface area (Å²) in [7, 11) is 0. The quantitative estimate of drug-likeness (QED) is 0.870. The van der Waals surface area contributed by atoms with Crippen molar-refractivity contribution in [3.63, 3.8) is 0 Å². The average molecular weight is 290 g/mol. The van der Waals surface area contributed by atoms with Gasteiger partial charge in [-0.1, -0.05) is 19.4 Å². The SMILES string of the molecule is CCCCc1ccc(C(=O)O)cc1N1CCC(=O)NC1=O. The highest BCUT2D eigenvalue weighted by molar-refractivity contribution is 6.06. The number of hydrogen-bond donors (Lipinski definition) is 2. The monoisotopic (exact) mass is 290 g/mol. The number of urea groups is 1. The number of unbranched alkanes of at least 4 members (excludes halogenated alkanes) is 1. The number of imide groups is 1. The molecule has 0 bridgehead atoms. The molecule has 21 heavy (non-hydrogen) atoms. The molecule has 0 spiro atoms. The highest BCUT2D eigenvalue weighted by Gasteiger charge is 2.26. The van der Waals surface area contributed by atoms with Crippen LogP contribution in [0.5, 0.6) is 0 Å². The van der Waals surface area contributed by atoms with Crippen molar-refractivity contribution in [2.75, 3.05) is 11.4 Å². The first-order valence-corrected chi connectivity index (χ1v) is 7.00. The molecule has 0 radical (unpaired) electrons. The summed E-state index contributed by atoms with van der Waals surface area (Å²) in [6, 6.07) is 4.30. The lowest BCUT2D eigenvalue weighted by Gasteiger charge is -2.28. The van der Waals surface area contributed by atoms with Crippen molar-refractivity contribution in [2.24, 2.45) is 0 Å². The fourth-order valence-electron chi connectivity index (χ4n) is 2.32. The van der Waals surface area contributed by atoms with Crippen LogP contribution < -0.4 is 10.2 Å². The fraction of sp³-hybridized carbons (Fsp3) is 0.400. The predicted octanol–water partition coefficient (Wildman–Crippen LogP) is 2.17. The van der Waals surface area contributed by atoms with Gasteiger partial charge in [-0.15, -0.1) is 0 Å². The van der Waals surface area contributed by atoms with Gasteiger partial charge in [0.15, 0.2) is 0 Å². The fourth-order valence-corrected chi connectivity index (χ4v) is 2.32. The number of hydrogen-bond acceptors (Lipinski definition) is 3. The summed E-state index contributed by atoms with van der Waals surface area (Å²) in [4.78, 5) is 35.8. The number of nitrogens with zero attached hydrogens (tertiary/aromatic N) is 1. The van der Waals surface area contributed by atoms with Crippen LogP contribution in [0, 0.1) is 0 Å². The molecule has 112 valence electrons. The van der Waals surface area contributed by atoms with Crippen molar-refractivity contribution in [3.8, 4) is 0 Å². The molecule has 0 saturated carbocycles. The summed E-state index contributed by atoms with van der Waals surface area (Å²) in [5.74, 6) is -1.34. The number of aromatic carboxylic acids is 1. The number of carboxylic acids is 1. The smallest absolute Gasteiger partial charge is 0.335 e. The van der Waals surface area contributed by atoms with Crippen LogP contribution in [0.3, 0.4) is 0 Å². The van der Waals surface area contributed by atoms with Crippen LogP contribution in [0.25, 0.3) is 0 Å². The third-order valence-corrected chi connectivity index (χ3v) is 3.48. The van der Waals surface area contributed by atoms with E-state index in [4.69, 9.17) is 5.11 Å². The Morgan fingerprint density at radius 1 is 1.38 bits per heavy atom. The number of amides is 3. The van der Waals surface area contributed by atoms with Crippen LogP contribution >= 0.6 is 0 Å². The largest absolute Gasteiger partial charge is 0.478 e. The first-order valence-electron chi connectivity index (χ1n) is 7.00. The molecule has 1 aliphatic heterocycles. The second-order valence-corrected chi connectivity index (χ2v) is 5.01. The van der Waals surface area contributed by atoms with Gasteiger partial charge in [0.25, 0.3) is 0 Å². The van der Waals surface area contributed by atoms with Gasteiger partial charge in [0, 0.05) is 18.7 Å². The van der Waals surface area contributed by atoms with E-state index in [2.05, 4.69) is 12.2 Å². The number of aryl methyl sites for hydroxylation is 1. The summed E-state index contributed by atoms with van der Waals surface area (Å²) in [5.41, 5.74) is 1.63. The minimum absolute atomic E-state index is 0.134. The Hall–Kier alpha value is -2.37.